The summed E-state index contributed by atoms with van der Waals surface area (Å²) in [5.74, 6) is 0. The Morgan fingerprint density at radius 3 is 2.56 bits per heavy atom. The Morgan fingerprint density at radius 1 is 1.22 bits per heavy atom. The van der Waals surface area contributed by atoms with Crippen LogP contribution in [0.2, 0.25) is 10.0 Å². The summed E-state index contributed by atoms with van der Waals surface area (Å²) in [6.45, 7) is 9.81. The van der Waals surface area contributed by atoms with Gasteiger partial charge in [0.25, 0.3) is 0 Å². The molecule has 1 N–H and O–H groups in total. The fraction of sp³-hybridized carbons (Fsp3) is 0.571. The van der Waals surface area contributed by atoms with E-state index in [1.54, 1.807) is 0 Å². The summed E-state index contributed by atoms with van der Waals surface area (Å²) >= 11 is 12.0. The summed E-state index contributed by atoms with van der Waals surface area (Å²) < 4.78 is 0. The first-order valence-corrected chi connectivity index (χ1v) is 7.07. The van der Waals surface area contributed by atoms with Crippen LogP contribution in [-0.2, 0) is 0 Å². The van der Waals surface area contributed by atoms with Gasteiger partial charge in [-0.1, -0.05) is 44.0 Å². The van der Waals surface area contributed by atoms with E-state index in [0.29, 0.717) is 16.1 Å². The number of rotatable bonds is 1. The normalized spacial score (nSPS) is 21.2. The molecule has 0 saturated carbocycles. The van der Waals surface area contributed by atoms with Gasteiger partial charge in [-0.2, -0.15) is 0 Å². The number of piperazine rings is 1. The molecule has 1 heterocycles. The minimum Gasteiger partial charge on any atom is -0.369 e. The first-order chi connectivity index (χ1) is 8.38. The van der Waals surface area contributed by atoms with E-state index >= 15 is 0 Å². The molecule has 0 aliphatic carbocycles. The number of benzene rings is 1. The molecule has 1 atom stereocenters. The minimum absolute atomic E-state index is 0.259. The van der Waals surface area contributed by atoms with Crippen LogP contribution in [0.5, 0.6) is 0 Å². The summed E-state index contributed by atoms with van der Waals surface area (Å²) in [5.41, 5.74) is 1.41. The van der Waals surface area contributed by atoms with E-state index in [1.807, 2.05) is 18.2 Å². The van der Waals surface area contributed by atoms with Crippen molar-refractivity contribution in [2.75, 3.05) is 24.5 Å². The van der Waals surface area contributed by atoms with Gasteiger partial charge in [-0.25, -0.2) is 0 Å². The van der Waals surface area contributed by atoms with Crippen molar-refractivity contribution >= 4 is 28.9 Å². The van der Waals surface area contributed by atoms with Crippen LogP contribution in [0.25, 0.3) is 0 Å². The first-order valence-electron chi connectivity index (χ1n) is 6.31. The summed E-state index contributed by atoms with van der Waals surface area (Å²) in [4.78, 5) is 2.37. The van der Waals surface area contributed by atoms with Crippen molar-refractivity contribution in [3.8, 4) is 0 Å². The summed E-state index contributed by atoms with van der Waals surface area (Å²) in [6.07, 6.45) is 0. The molecule has 1 aromatic carbocycles. The fourth-order valence-electron chi connectivity index (χ4n) is 2.25. The highest BCUT2D eigenvalue weighted by Gasteiger charge is 2.29. The average molecular weight is 287 g/mol. The summed E-state index contributed by atoms with van der Waals surface area (Å²) in [6, 6.07) is 6.35. The molecule has 100 valence electrons. The van der Waals surface area contributed by atoms with Crippen LogP contribution in [0, 0.1) is 5.41 Å². The Bertz CT molecular complexity index is 426. The molecule has 2 rings (SSSR count). The van der Waals surface area contributed by atoms with Crippen LogP contribution in [0.1, 0.15) is 20.8 Å². The number of halogens is 2. The van der Waals surface area contributed by atoms with Crippen molar-refractivity contribution in [3.63, 3.8) is 0 Å². The Kier molecular flexibility index (Phi) is 4.10. The number of nitrogens with one attached hydrogen (secondary N) is 1. The molecule has 1 aromatic rings. The molecule has 2 nitrogen and oxygen atoms in total. The van der Waals surface area contributed by atoms with Crippen molar-refractivity contribution in [1.29, 1.82) is 0 Å². The molecule has 0 bridgehead atoms. The topological polar surface area (TPSA) is 15.3 Å². The zero-order chi connectivity index (χ0) is 13.3. The molecule has 0 aromatic heterocycles. The third kappa shape index (κ3) is 3.11. The second-order valence-corrected chi connectivity index (χ2v) is 6.73. The molecule has 1 aliphatic heterocycles. The van der Waals surface area contributed by atoms with Crippen molar-refractivity contribution in [2.45, 2.75) is 26.8 Å². The monoisotopic (exact) mass is 286 g/mol. The first kappa shape index (κ1) is 14.0. The van der Waals surface area contributed by atoms with E-state index in [-0.39, 0.29) is 5.41 Å². The van der Waals surface area contributed by atoms with Crippen LogP contribution >= 0.6 is 23.2 Å². The fourth-order valence-corrected chi connectivity index (χ4v) is 2.54. The maximum Gasteiger partial charge on any atom is 0.0612 e. The quantitative estimate of drug-likeness (QED) is 0.844. The second kappa shape index (κ2) is 5.28. The lowest BCUT2D eigenvalue weighted by Crippen LogP contribution is -2.56. The van der Waals surface area contributed by atoms with E-state index in [1.165, 1.54) is 0 Å². The van der Waals surface area contributed by atoms with Crippen molar-refractivity contribution in [3.05, 3.63) is 28.2 Å². The molecular weight excluding hydrogens is 267 g/mol. The maximum atomic E-state index is 6.09. The van der Waals surface area contributed by atoms with Gasteiger partial charge < -0.3 is 10.2 Å². The van der Waals surface area contributed by atoms with E-state index < -0.39 is 0 Å². The Morgan fingerprint density at radius 2 is 1.94 bits per heavy atom. The SMILES string of the molecule is CC(C)(C)C1CN(c2ccc(Cl)c(Cl)c2)CCN1. The third-order valence-electron chi connectivity index (χ3n) is 3.49. The molecule has 1 aliphatic rings. The number of nitrogens with zero attached hydrogens (tertiary/aromatic N) is 1. The second-order valence-electron chi connectivity index (χ2n) is 5.92. The summed E-state index contributed by atoms with van der Waals surface area (Å²) in [7, 11) is 0. The van der Waals surface area contributed by atoms with E-state index in [9.17, 15) is 0 Å². The molecule has 0 spiro atoms. The van der Waals surface area contributed by atoms with Crippen LogP contribution in [0.4, 0.5) is 5.69 Å². The molecule has 0 amide bonds. The minimum atomic E-state index is 0.259. The van der Waals surface area contributed by atoms with Gasteiger partial charge >= 0.3 is 0 Å². The van der Waals surface area contributed by atoms with Crippen molar-refractivity contribution in [2.24, 2.45) is 5.41 Å². The number of hydrogen-bond donors (Lipinski definition) is 1. The number of anilines is 1. The van der Waals surface area contributed by atoms with Gasteiger partial charge in [-0.05, 0) is 23.6 Å². The largest absolute Gasteiger partial charge is 0.369 e. The molecule has 4 heteroatoms. The molecule has 1 saturated heterocycles. The van der Waals surface area contributed by atoms with Crippen molar-refractivity contribution < 1.29 is 0 Å². The van der Waals surface area contributed by atoms with E-state index in [2.05, 4.69) is 31.0 Å². The predicted octanol–water partition coefficient (Wildman–Crippen LogP) is 3.82. The third-order valence-corrected chi connectivity index (χ3v) is 4.23. The van der Waals surface area contributed by atoms with Crippen LogP contribution in [-0.4, -0.2) is 25.7 Å². The molecule has 1 fully saturated rings. The average Bonchev–Trinajstić information content (AvgIpc) is 2.32. The van der Waals surface area contributed by atoms with Gasteiger partial charge in [-0.3, -0.25) is 0 Å². The van der Waals surface area contributed by atoms with Crippen LogP contribution < -0.4 is 10.2 Å². The standard InChI is InChI=1S/C14H20Cl2N2/c1-14(2,3)13-9-18(7-6-17-13)10-4-5-11(15)12(16)8-10/h4-5,8,13,17H,6-7,9H2,1-3H3. The highest BCUT2D eigenvalue weighted by molar-refractivity contribution is 6.42. The lowest BCUT2D eigenvalue weighted by atomic mass is 9.85. The van der Waals surface area contributed by atoms with Crippen molar-refractivity contribution in [1.82, 2.24) is 5.32 Å². The van der Waals surface area contributed by atoms with Gasteiger partial charge in [0.15, 0.2) is 0 Å². The van der Waals surface area contributed by atoms with Gasteiger partial charge in [0, 0.05) is 31.4 Å². The predicted molar refractivity (Wildman–Crippen MR) is 79.9 cm³/mol. The van der Waals surface area contributed by atoms with Crippen LogP contribution in [0.3, 0.4) is 0 Å². The molecule has 1 unspecified atom stereocenters. The smallest absolute Gasteiger partial charge is 0.0612 e. The number of hydrogen-bond acceptors (Lipinski definition) is 2. The molecular formula is C14H20Cl2N2. The zero-order valence-corrected chi connectivity index (χ0v) is 12.6. The lowest BCUT2D eigenvalue weighted by Gasteiger charge is -2.41. The van der Waals surface area contributed by atoms with Gasteiger partial charge in [0.2, 0.25) is 0 Å². The Labute approximate surface area is 119 Å². The Hall–Kier alpha value is -0.440. The summed E-state index contributed by atoms with van der Waals surface area (Å²) in [5, 5.41) is 4.82. The van der Waals surface area contributed by atoms with Crippen LogP contribution in [0.15, 0.2) is 18.2 Å². The van der Waals surface area contributed by atoms with E-state index in [4.69, 9.17) is 23.2 Å². The maximum absolute atomic E-state index is 6.09. The zero-order valence-electron chi connectivity index (χ0n) is 11.1. The highest BCUT2D eigenvalue weighted by Crippen LogP contribution is 2.29. The molecule has 18 heavy (non-hydrogen) atoms. The Balaban J connectivity index is 2.15. The van der Waals surface area contributed by atoms with Gasteiger partial charge in [0.1, 0.15) is 0 Å². The highest BCUT2D eigenvalue weighted by atomic mass is 35.5. The molecule has 0 radical (unpaired) electrons. The van der Waals surface area contributed by atoms with Gasteiger partial charge in [0.05, 0.1) is 10.0 Å². The van der Waals surface area contributed by atoms with E-state index in [0.717, 1.165) is 25.3 Å². The lowest BCUT2D eigenvalue weighted by molar-refractivity contribution is 0.254. The van der Waals surface area contributed by atoms with Gasteiger partial charge in [-0.15, -0.1) is 0 Å².